The molecule has 1 amide bonds. The highest BCUT2D eigenvalue weighted by molar-refractivity contribution is 9.10. The Morgan fingerprint density at radius 2 is 1.86 bits per heavy atom. The van der Waals surface area contributed by atoms with Crippen LogP contribution < -0.4 is 9.64 Å². The van der Waals surface area contributed by atoms with Gasteiger partial charge in [-0.1, -0.05) is 27.3 Å². The molecule has 0 saturated carbocycles. The first-order valence-corrected chi connectivity index (χ1v) is 10.3. The number of carbonyl (C=O) groups is 1. The minimum absolute atomic E-state index is 0. The Bertz CT molecular complexity index is 931. The number of aromatic nitrogens is 1. The van der Waals surface area contributed by atoms with Gasteiger partial charge in [0.1, 0.15) is 5.75 Å². The van der Waals surface area contributed by atoms with Gasteiger partial charge < -0.3 is 9.64 Å². The summed E-state index contributed by atoms with van der Waals surface area (Å²) in [4.78, 5) is 21.8. The molecule has 0 bridgehead atoms. The Labute approximate surface area is 183 Å². The molecule has 0 unspecified atom stereocenters. The van der Waals surface area contributed by atoms with Gasteiger partial charge >= 0.3 is 0 Å². The van der Waals surface area contributed by atoms with Crippen molar-refractivity contribution >= 4 is 60.9 Å². The van der Waals surface area contributed by atoms with Crippen molar-refractivity contribution < 1.29 is 9.53 Å². The molecule has 0 atom stereocenters. The molecule has 2 aromatic carbocycles. The lowest BCUT2D eigenvalue weighted by Gasteiger charge is -2.21. The molecule has 0 aliphatic heterocycles. The highest BCUT2D eigenvalue weighted by Gasteiger charge is 2.21. The number of nitrogens with zero attached hydrogens (tertiary/aromatic N) is 3. The fourth-order valence-corrected chi connectivity index (χ4v) is 4.26. The topological polar surface area (TPSA) is 45.7 Å². The molecule has 1 heterocycles. The Balaban J connectivity index is 0.00000280. The summed E-state index contributed by atoms with van der Waals surface area (Å²) in [6.45, 7) is 1.52. The highest BCUT2D eigenvalue weighted by atomic mass is 79.9. The van der Waals surface area contributed by atoms with Gasteiger partial charge in [-0.05, 0) is 69.5 Å². The minimum Gasteiger partial charge on any atom is -0.497 e. The lowest BCUT2D eigenvalue weighted by Crippen LogP contribution is -2.33. The van der Waals surface area contributed by atoms with Crippen LogP contribution in [0.15, 0.2) is 46.9 Å². The van der Waals surface area contributed by atoms with Crippen molar-refractivity contribution in [3.63, 3.8) is 0 Å². The van der Waals surface area contributed by atoms with Gasteiger partial charge in [-0.3, -0.25) is 9.69 Å². The van der Waals surface area contributed by atoms with E-state index >= 15 is 0 Å². The number of halogens is 2. The van der Waals surface area contributed by atoms with E-state index in [1.165, 1.54) is 11.3 Å². The van der Waals surface area contributed by atoms with Gasteiger partial charge in [0, 0.05) is 16.6 Å². The first-order chi connectivity index (χ1) is 13.0. The maximum Gasteiger partial charge on any atom is 0.260 e. The number of thiazole rings is 1. The summed E-state index contributed by atoms with van der Waals surface area (Å²) < 4.78 is 7.25. The average Bonchev–Trinajstić information content (AvgIpc) is 3.07. The SMILES string of the molecule is COc1ccc(C(=O)N(CCCN(C)C)c2nc3ccc(Br)cc3s2)cc1.Cl. The lowest BCUT2D eigenvalue weighted by molar-refractivity contribution is 0.0986. The molecule has 3 rings (SSSR count). The van der Waals surface area contributed by atoms with E-state index in [9.17, 15) is 4.79 Å². The number of anilines is 1. The van der Waals surface area contributed by atoms with Crippen LogP contribution in [-0.4, -0.2) is 50.1 Å². The summed E-state index contributed by atoms with van der Waals surface area (Å²) in [5.74, 6) is 0.685. The van der Waals surface area contributed by atoms with Crippen LogP contribution in [0.2, 0.25) is 0 Å². The maximum atomic E-state index is 13.2. The largest absolute Gasteiger partial charge is 0.497 e. The Morgan fingerprint density at radius 1 is 1.14 bits per heavy atom. The number of carbonyl (C=O) groups excluding carboxylic acids is 1. The summed E-state index contributed by atoms with van der Waals surface area (Å²) in [6.07, 6.45) is 0.870. The van der Waals surface area contributed by atoms with Crippen molar-refractivity contribution in [2.75, 3.05) is 39.2 Å². The van der Waals surface area contributed by atoms with Crippen molar-refractivity contribution in [3.05, 3.63) is 52.5 Å². The summed E-state index contributed by atoms with van der Waals surface area (Å²) in [7, 11) is 5.68. The molecule has 0 saturated heterocycles. The van der Waals surface area contributed by atoms with E-state index in [2.05, 4.69) is 20.8 Å². The van der Waals surface area contributed by atoms with Crippen molar-refractivity contribution in [3.8, 4) is 5.75 Å². The lowest BCUT2D eigenvalue weighted by atomic mass is 10.2. The van der Waals surface area contributed by atoms with Crippen LogP contribution in [0, 0.1) is 0 Å². The zero-order valence-corrected chi connectivity index (χ0v) is 19.2. The number of ether oxygens (including phenoxy) is 1. The van der Waals surface area contributed by atoms with E-state index in [0.29, 0.717) is 12.1 Å². The van der Waals surface area contributed by atoms with Crippen molar-refractivity contribution in [2.45, 2.75) is 6.42 Å². The molecular formula is C20H23BrClN3O2S. The van der Waals surface area contributed by atoms with E-state index in [-0.39, 0.29) is 18.3 Å². The van der Waals surface area contributed by atoms with E-state index < -0.39 is 0 Å². The van der Waals surface area contributed by atoms with Crippen LogP contribution in [0.1, 0.15) is 16.8 Å². The molecule has 0 fully saturated rings. The molecule has 0 aliphatic carbocycles. The van der Waals surface area contributed by atoms with Gasteiger partial charge in [0.2, 0.25) is 0 Å². The van der Waals surface area contributed by atoms with Crippen LogP contribution in [0.5, 0.6) is 5.75 Å². The third kappa shape index (κ3) is 5.44. The maximum absolute atomic E-state index is 13.2. The van der Waals surface area contributed by atoms with E-state index in [4.69, 9.17) is 9.72 Å². The molecule has 150 valence electrons. The smallest absolute Gasteiger partial charge is 0.260 e. The number of hydrogen-bond donors (Lipinski definition) is 0. The van der Waals surface area contributed by atoms with Crippen molar-refractivity contribution in [1.29, 1.82) is 0 Å². The molecule has 8 heteroatoms. The van der Waals surface area contributed by atoms with Gasteiger partial charge in [-0.25, -0.2) is 4.98 Å². The third-order valence-electron chi connectivity index (χ3n) is 4.14. The molecule has 0 N–H and O–H groups in total. The second kappa shape index (κ2) is 10.2. The van der Waals surface area contributed by atoms with Crippen LogP contribution >= 0.6 is 39.7 Å². The average molecular weight is 485 g/mol. The molecular weight excluding hydrogens is 462 g/mol. The molecule has 0 aliphatic rings. The minimum atomic E-state index is -0.0467. The third-order valence-corrected chi connectivity index (χ3v) is 5.67. The second-order valence-electron chi connectivity index (χ2n) is 6.45. The number of methoxy groups -OCH3 is 1. The monoisotopic (exact) mass is 483 g/mol. The summed E-state index contributed by atoms with van der Waals surface area (Å²) in [5, 5.41) is 0.725. The molecule has 5 nitrogen and oxygen atoms in total. The Morgan fingerprint density at radius 3 is 2.50 bits per heavy atom. The first-order valence-electron chi connectivity index (χ1n) is 8.64. The highest BCUT2D eigenvalue weighted by Crippen LogP contribution is 2.32. The van der Waals surface area contributed by atoms with Crippen molar-refractivity contribution in [1.82, 2.24) is 9.88 Å². The van der Waals surface area contributed by atoms with E-state index in [1.54, 1.807) is 36.3 Å². The predicted molar refractivity (Wildman–Crippen MR) is 122 cm³/mol. The van der Waals surface area contributed by atoms with Gasteiger partial charge in [0.25, 0.3) is 5.91 Å². The van der Waals surface area contributed by atoms with E-state index in [1.807, 2.05) is 32.3 Å². The van der Waals surface area contributed by atoms with E-state index in [0.717, 1.165) is 38.5 Å². The van der Waals surface area contributed by atoms with Crippen LogP contribution in [0.4, 0.5) is 5.13 Å². The van der Waals surface area contributed by atoms with Gasteiger partial charge in [-0.15, -0.1) is 12.4 Å². The standard InChI is InChI=1S/C20H22BrN3O2S.ClH/c1-23(2)11-4-12-24(19(25)14-5-8-16(26-3)9-6-14)20-22-17-10-7-15(21)13-18(17)27-20;/h5-10,13H,4,11-12H2,1-3H3;1H. The summed E-state index contributed by atoms with van der Waals surface area (Å²) in [5.41, 5.74) is 1.53. The number of amides is 1. The first kappa shape index (κ1) is 22.6. The van der Waals surface area contributed by atoms with Crippen molar-refractivity contribution in [2.24, 2.45) is 0 Å². The number of benzene rings is 2. The van der Waals surface area contributed by atoms with Gasteiger partial charge in [0.05, 0.1) is 17.3 Å². The van der Waals surface area contributed by atoms with Crippen LogP contribution in [0.3, 0.4) is 0 Å². The molecule has 0 spiro atoms. The molecule has 1 aromatic heterocycles. The zero-order chi connectivity index (χ0) is 19.4. The summed E-state index contributed by atoms with van der Waals surface area (Å²) in [6, 6.07) is 13.2. The normalized spacial score (nSPS) is 10.8. The quantitative estimate of drug-likeness (QED) is 0.469. The van der Waals surface area contributed by atoms with Crippen LogP contribution in [0.25, 0.3) is 10.2 Å². The second-order valence-corrected chi connectivity index (χ2v) is 8.38. The Hall–Kier alpha value is -1.67. The Kier molecular flexibility index (Phi) is 8.24. The summed E-state index contributed by atoms with van der Waals surface area (Å²) >= 11 is 5.03. The molecule has 3 aromatic rings. The zero-order valence-electron chi connectivity index (χ0n) is 16.0. The number of rotatable bonds is 7. The molecule has 0 radical (unpaired) electrons. The number of fused-ring (bicyclic) bond motifs is 1. The van der Waals surface area contributed by atoms with Crippen LogP contribution in [-0.2, 0) is 0 Å². The molecule has 28 heavy (non-hydrogen) atoms. The predicted octanol–water partition coefficient (Wildman–Crippen LogP) is 5.09. The fraction of sp³-hybridized carbons (Fsp3) is 0.300. The van der Waals surface area contributed by atoms with Gasteiger partial charge in [-0.2, -0.15) is 0 Å². The number of hydrogen-bond acceptors (Lipinski definition) is 5. The van der Waals surface area contributed by atoms with Gasteiger partial charge in [0.15, 0.2) is 5.13 Å². The fourth-order valence-electron chi connectivity index (χ4n) is 2.72.